The molecule has 0 amide bonds. The predicted molar refractivity (Wildman–Crippen MR) is 104 cm³/mol. The van der Waals surface area contributed by atoms with Crippen LogP contribution < -0.4 is 0 Å². The third-order valence-electron chi connectivity index (χ3n) is 5.02. The van der Waals surface area contributed by atoms with Gasteiger partial charge >= 0.3 is 6.18 Å². The zero-order chi connectivity index (χ0) is 19.6. The van der Waals surface area contributed by atoms with E-state index in [2.05, 4.69) is 13.0 Å². The van der Waals surface area contributed by atoms with Crippen LogP contribution in [0.5, 0.6) is 5.75 Å². The molecule has 1 aliphatic carbocycles. The van der Waals surface area contributed by atoms with Gasteiger partial charge in [0.25, 0.3) is 0 Å². The SMILES string of the molecule is C/C=C/c1cc(-c2ccc(C(F)(F)F)cc2)cc(O)c1C1C=C(C)CCC1. The smallest absolute Gasteiger partial charge is 0.416 e. The van der Waals surface area contributed by atoms with Gasteiger partial charge in [-0.3, -0.25) is 0 Å². The lowest BCUT2D eigenvalue weighted by atomic mass is 9.82. The van der Waals surface area contributed by atoms with Crippen molar-refractivity contribution in [3.05, 3.63) is 70.8 Å². The zero-order valence-electron chi connectivity index (χ0n) is 15.5. The first-order valence-electron chi connectivity index (χ1n) is 9.14. The van der Waals surface area contributed by atoms with E-state index in [4.69, 9.17) is 0 Å². The van der Waals surface area contributed by atoms with Crippen LogP contribution in [0.15, 0.2) is 54.1 Å². The Hall–Kier alpha value is -2.49. The number of halogens is 3. The Morgan fingerprint density at radius 1 is 1.07 bits per heavy atom. The fraction of sp³-hybridized carbons (Fsp3) is 0.304. The quantitative estimate of drug-likeness (QED) is 0.559. The highest BCUT2D eigenvalue weighted by atomic mass is 19.4. The van der Waals surface area contributed by atoms with Gasteiger partial charge < -0.3 is 5.11 Å². The molecule has 3 rings (SSSR count). The Labute approximate surface area is 157 Å². The average molecular weight is 372 g/mol. The molecule has 0 radical (unpaired) electrons. The molecule has 4 heteroatoms. The normalized spacial score (nSPS) is 18.0. The molecule has 2 aromatic rings. The standard InChI is InChI=1S/C23H23F3O/c1-3-5-17-13-19(16-8-10-20(11-9-16)23(24,25)26)14-21(27)22(17)18-7-4-6-15(2)12-18/h3,5,8-14,18,27H,4,6-7H2,1-2H3/b5-3+. The van der Waals surface area contributed by atoms with E-state index in [1.807, 2.05) is 25.1 Å². The van der Waals surface area contributed by atoms with E-state index in [1.54, 1.807) is 6.07 Å². The van der Waals surface area contributed by atoms with Gasteiger partial charge in [-0.1, -0.05) is 35.9 Å². The summed E-state index contributed by atoms with van der Waals surface area (Å²) in [6.07, 6.45) is 4.86. The van der Waals surface area contributed by atoms with Crippen LogP contribution in [0.1, 0.15) is 55.7 Å². The van der Waals surface area contributed by atoms with Gasteiger partial charge in [0.15, 0.2) is 0 Å². The van der Waals surface area contributed by atoms with Crippen molar-refractivity contribution in [2.45, 2.75) is 45.2 Å². The van der Waals surface area contributed by atoms with E-state index in [0.29, 0.717) is 11.1 Å². The topological polar surface area (TPSA) is 20.2 Å². The Morgan fingerprint density at radius 2 is 1.78 bits per heavy atom. The summed E-state index contributed by atoms with van der Waals surface area (Å²) in [5.74, 6) is 0.350. The van der Waals surface area contributed by atoms with Crippen LogP contribution in [0.3, 0.4) is 0 Å². The molecule has 27 heavy (non-hydrogen) atoms. The highest BCUT2D eigenvalue weighted by Gasteiger charge is 2.30. The second-order valence-electron chi connectivity index (χ2n) is 7.09. The van der Waals surface area contributed by atoms with Crippen LogP contribution in [0.4, 0.5) is 13.2 Å². The van der Waals surface area contributed by atoms with Gasteiger partial charge in [-0.05, 0) is 74.1 Å². The van der Waals surface area contributed by atoms with Crippen LogP contribution >= 0.6 is 0 Å². The van der Waals surface area contributed by atoms with Crippen molar-refractivity contribution in [2.75, 3.05) is 0 Å². The van der Waals surface area contributed by atoms with Gasteiger partial charge in [-0.15, -0.1) is 0 Å². The molecular weight excluding hydrogens is 349 g/mol. The number of phenols is 1. The number of allylic oxidation sites excluding steroid dienone is 3. The van der Waals surface area contributed by atoms with E-state index in [9.17, 15) is 18.3 Å². The van der Waals surface area contributed by atoms with E-state index in [0.717, 1.165) is 42.5 Å². The number of aromatic hydroxyl groups is 1. The van der Waals surface area contributed by atoms with E-state index in [1.165, 1.54) is 17.7 Å². The third kappa shape index (κ3) is 4.26. The lowest BCUT2D eigenvalue weighted by molar-refractivity contribution is -0.137. The summed E-state index contributed by atoms with van der Waals surface area (Å²) >= 11 is 0. The maximum absolute atomic E-state index is 12.8. The van der Waals surface area contributed by atoms with Gasteiger partial charge in [0.1, 0.15) is 5.75 Å². The molecule has 0 saturated carbocycles. The monoisotopic (exact) mass is 372 g/mol. The molecule has 1 unspecified atom stereocenters. The summed E-state index contributed by atoms with van der Waals surface area (Å²) < 4.78 is 38.4. The minimum Gasteiger partial charge on any atom is -0.508 e. The summed E-state index contributed by atoms with van der Waals surface area (Å²) in [4.78, 5) is 0. The van der Waals surface area contributed by atoms with E-state index in [-0.39, 0.29) is 11.7 Å². The van der Waals surface area contributed by atoms with Crippen molar-refractivity contribution < 1.29 is 18.3 Å². The van der Waals surface area contributed by atoms with Crippen molar-refractivity contribution in [3.63, 3.8) is 0 Å². The van der Waals surface area contributed by atoms with Gasteiger partial charge in [0.2, 0.25) is 0 Å². The molecule has 0 aromatic heterocycles. The first-order valence-corrected chi connectivity index (χ1v) is 9.14. The number of rotatable bonds is 3. The summed E-state index contributed by atoms with van der Waals surface area (Å²) in [7, 11) is 0. The highest BCUT2D eigenvalue weighted by molar-refractivity contribution is 5.73. The predicted octanol–water partition coefficient (Wildman–Crippen LogP) is 7.32. The van der Waals surface area contributed by atoms with Crippen molar-refractivity contribution in [1.29, 1.82) is 0 Å². The molecule has 0 fully saturated rings. The van der Waals surface area contributed by atoms with E-state index >= 15 is 0 Å². The summed E-state index contributed by atoms with van der Waals surface area (Å²) in [5.41, 5.74) is 3.79. The fourth-order valence-corrected chi connectivity index (χ4v) is 3.74. The largest absolute Gasteiger partial charge is 0.508 e. The van der Waals surface area contributed by atoms with Crippen LogP contribution in [0.2, 0.25) is 0 Å². The first-order chi connectivity index (χ1) is 12.8. The second-order valence-corrected chi connectivity index (χ2v) is 7.09. The lowest BCUT2D eigenvalue weighted by Crippen LogP contribution is -2.05. The van der Waals surface area contributed by atoms with Crippen molar-refractivity contribution >= 4 is 6.08 Å². The molecule has 1 nitrogen and oxygen atoms in total. The molecule has 2 aromatic carbocycles. The first kappa shape index (κ1) is 19.3. The molecule has 0 saturated heterocycles. The zero-order valence-corrected chi connectivity index (χ0v) is 15.5. The minimum atomic E-state index is -4.36. The van der Waals surface area contributed by atoms with Gasteiger partial charge in [0, 0.05) is 11.5 Å². The van der Waals surface area contributed by atoms with Crippen molar-refractivity contribution in [3.8, 4) is 16.9 Å². The Bertz CT molecular complexity index is 874. The molecule has 1 aliphatic rings. The molecule has 1 atom stereocenters. The number of alkyl halides is 3. The maximum Gasteiger partial charge on any atom is 0.416 e. The molecular formula is C23H23F3O. The highest BCUT2D eigenvalue weighted by Crippen LogP contribution is 2.41. The molecule has 0 bridgehead atoms. The molecule has 0 spiro atoms. The van der Waals surface area contributed by atoms with Crippen molar-refractivity contribution in [2.24, 2.45) is 0 Å². The molecule has 0 aliphatic heterocycles. The maximum atomic E-state index is 12.8. The number of hydrogen-bond donors (Lipinski definition) is 1. The van der Waals surface area contributed by atoms with Crippen LogP contribution in [0, 0.1) is 0 Å². The molecule has 0 heterocycles. The van der Waals surface area contributed by atoms with Gasteiger partial charge in [-0.2, -0.15) is 13.2 Å². The Balaban J connectivity index is 2.05. The summed E-state index contributed by atoms with van der Waals surface area (Å²) in [6, 6.07) is 8.63. The Kier molecular flexibility index (Phi) is 5.45. The number of hydrogen-bond acceptors (Lipinski definition) is 1. The summed E-state index contributed by atoms with van der Waals surface area (Å²) in [5, 5.41) is 10.7. The minimum absolute atomic E-state index is 0.159. The van der Waals surface area contributed by atoms with Crippen LogP contribution in [-0.2, 0) is 6.18 Å². The second kappa shape index (κ2) is 7.63. The molecule has 1 N–H and O–H groups in total. The average Bonchev–Trinajstić information content (AvgIpc) is 2.61. The third-order valence-corrected chi connectivity index (χ3v) is 5.02. The number of benzene rings is 2. The van der Waals surface area contributed by atoms with Gasteiger partial charge in [0.05, 0.1) is 5.56 Å². The molecule has 142 valence electrons. The number of phenolic OH excluding ortho intramolecular Hbond substituents is 1. The lowest BCUT2D eigenvalue weighted by Gasteiger charge is -2.23. The van der Waals surface area contributed by atoms with Crippen LogP contribution in [0.25, 0.3) is 17.2 Å². The van der Waals surface area contributed by atoms with E-state index < -0.39 is 11.7 Å². The summed E-state index contributed by atoms with van der Waals surface area (Å²) in [6.45, 7) is 4.02. The fourth-order valence-electron chi connectivity index (χ4n) is 3.74. The van der Waals surface area contributed by atoms with Crippen molar-refractivity contribution in [1.82, 2.24) is 0 Å². The van der Waals surface area contributed by atoms with Crippen LogP contribution in [-0.4, -0.2) is 5.11 Å². The van der Waals surface area contributed by atoms with Gasteiger partial charge in [-0.25, -0.2) is 0 Å². The Morgan fingerprint density at radius 3 is 2.37 bits per heavy atom.